The SMILES string of the molecule is CCC(c1nnc(SCC(=O)NCc2ccc(F)cc2)n1Cc1ccccc1)N(C)C. The highest BCUT2D eigenvalue weighted by molar-refractivity contribution is 7.99. The van der Waals surface area contributed by atoms with E-state index in [4.69, 9.17) is 0 Å². The van der Waals surface area contributed by atoms with Crippen molar-refractivity contribution in [2.24, 2.45) is 0 Å². The molecule has 2 aromatic carbocycles. The molecule has 3 rings (SSSR count). The molecule has 8 heteroatoms. The van der Waals surface area contributed by atoms with Gasteiger partial charge in [0.2, 0.25) is 5.91 Å². The molecule has 164 valence electrons. The van der Waals surface area contributed by atoms with Crippen molar-refractivity contribution in [2.75, 3.05) is 19.8 Å². The maximum Gasteiger partial charge on any atom is 0.230 e. The molecule has 1 heterocycles. The summed E-state index contributed by atoms with van der Waals surface area (Å²) < 4.78 is 15.1. The average molecular weight is 442 g/mol. The van der Waals surface area contributed by atoms with E-state index in [1.807, 2.05) is 32.3 Å². The fourth-order valence-corrected chi connectivity index (χ4v) is 4.11. The Balaban J connectivity index is 1.69. The summed E-state index contributed by atoms with van der Waals surface area (Å²) >= 11 is 1.37. The molecule has 0 fully saturated rings. The number of rotatable bonds is 10. The summed E-state index contributed by atoms with van der Waals surface area (Å²) in [4.78, 5) is 14.5. The highest BCUT2D eigenvalue weighted by Gasteiger charge is 2.22. The maximum absolute atomic E-state index is 13.0. The molecule has 0 aliphatic rings. The third-order valence-electron chi connectivity index (χ3n) is 4.97. The van der Waals surface area contributed by atoms with Crippen LogP contribution in [0.2, 0.25) is 0 Å². The van der Waals surface area contributed by atoms with Crippen LogP contribution in [-0.2, 0) is 17.9 Å². The normalized spacial score (nSPS) is 12.2. The Kier molecular flexibility index (Phi) is 8.20. The Morgan fingerprint density at radius 2 is 1.81 bits per heavy atom. The number of hydrogen-bond donors (Lipinski definition) is 1. The maximum atomic E-state index is 13.0. The monoisotopic (exact) mass is 441 g/mol. The van der Waals surface area contributed by atoms with Crippen molar-refractivity contribution in [3.05, 3.63) is 77.4 Å². The van der Waals surface area contributed by atoms with Crippen LogP contribution in [0.1, 0.15) is 36.3 Å². The minimum absolute atomic E-state index is 0.107. The minimum Gasteiger partial charge on any atom is -0.351 e. The summed E-state index contributed by atoms with van der Waals surface area (Å²) in [5.74, 6) is 0.727. The first-order valence-corrected chi connectivity index (χ1v) is 11.2. The zero-order valence-corrected chi connectivity index (χ0v) is 18.9. The van der Waals surface area contributed by atoms with Crippen molar-refractivity contribution in [1.82, 2.24) is 25.0 Å². The standard InChI is InChI=1S/C23H28FN5OS/c1-4-20(28(2)3)22-26-27-23(29(22)15-18-8-6-5-7-9-18)31-16-21(30)25-14-17-10-12-19(24)13-11-17/h5-13,20H,4,14-16H2,1-3H3,(H,25,30). The van der Waals surface area contributed by atoms with Crippen LogP contribution in [0, 0.1) is 5.82 Å². The molecule has 1 unspecified atom stereocenters. The summed E-state index contributed by atoms with van der Waals surface area (Å²) in [7, 11) is 4.07. The number of amides is 1. The topological polar surface area (TPSA) is 63.1 Å². The Morgan fingerprint density at radius 1 is 1.10 bits per heavy atom. The smallest absolute Gasteiger partial charge is 0.230 e. The first-order chi connectivity index (χ1) is 15.0. The summed E-state index contributed by atoms with van der Waals surface area (Å²) in [5.41, 5.74) is 2.01. The Labute approximate surface area is 186 Å². The van der Waals surface area contributed by atoms with E-state index >= 15 is 0 Å². The molecule has 0 bridgehead atoms. The molecule has 0 radical (unpaired) electrons. The second-order valence-corrected chi connectivity index (χ2v) is 8.43. The highest BCUT2D eigenvalue weighted by atomic mass is 32.2. The zero-order valence-electron chi connectivity index (χ0n) is 18.1. The molecular formula is C23H28FN5OS. The molecule has 1 N–H and O–H groups in total. The molecule has 0 aliphatic heterocycles. The quantitative estimate of drug-likeness (QED) is 0.484. The Hall–Kier alpha value is -2.71. The Morgan fingerprint density at radius 3 is 2.45 bits per heavy atom. The van der Waals surface area contributed by atoms with Crippen LogP contribution in [0.5, 0.6) is 0 Å². The van der Waals surface area contributed by atoms with Gasteiger partial charge in [0.25, 0.3) is 0 Å². The van der Waals surface area contributed by atoms with Crippen molar-refractivity contribution in [1.29, 1.82) is 0 Å². The first-order valence-electron chi connectivity index (χ1n) is 10.2. The fourth-order valence-electron chi connectivity index (χ4n) is 3.33. The van der Waals surface area contributed by atoms with Crippen molar-refractivity contribution < 1.29 is 9.18 Å². The van der Waals surface area contributed by atoms with Crippen LogP contribution < -0.4 is 5.32 Å². The van der Waals surface area contributed by atoms with E-state index in [1.165, 1.54) is 23.9 Å². The Bertz CT molecular complexity index is 975. The van der Waals surface area contributed by atoms with Gasteiger partial charge in [-0.2, -0.15) is 0 Å². The first kappa shape index (κ1) is 23.0. The van der Waals surface area contributed by atoms with Gasteiger partial charge in [0.1, 0.15) is 5.82 Å². The molecule has 0 spiro atoms. The molecule has 6 nitrogen and oxygen atoms in total. The van der Waals surface area contributed by atoms with E-state index in [0.29, 0.717) is 13.1 Å². The van der Waals surface area contributed by atoms with Crippen molar-refractivity contribution in [3.63, 3.8) is 0 Å². The van der Waals surface area contributed by atoms with Crippen molar-refractivity contribution >= 4 is 17.7 Å². The second kappa shape index (κ2) is 11.1. The molecule has 0 saturated heterocycles. The van der Waals surface area contributed by atoms with Crippen LogP contribution in [0.3, 0.4) is 0 Å². The van der Waals surface area contributed by atoms with Crippen LogP contribution >= 0.6 is 11.8 Å². The van der Waals surface area contributed by atoms with E-state index in [2.05, 4.69) is 44.0 Å². The third-order valence-corrected chi connectivity index (χ3v) is 5.94. The van der Waals surface area contributed by atoms with Gasteiger partial charge in [-0.15, -0.1) is 10.2 Å². The average Bonchev–Trinajstić information content (AvgIpc) is 3.15. The summed E-state index contributed by atoms with van der Waals surface area (Å²) in [6, 6.07) is 16.4. The van der Waals surface area contributed by atoms with E-state index in [0.717, 1.165) is 28.5 Å². The molecule has 1 atom stereocenters. The van der Waals surface area contributed by atoms with Crippen LogP contribution in [0.15, 0.2) is 59.8 Å². The van der Waals surface area contributed by atoms with Gasteiger partial charge in [-0.05, 0) is 43.8 Å². The minimum atomic E-state index is -0.290. The number of carbonyl (C=O) groups excluding carboxylic acids is 1. The van der Waals surface area contributed by atoms with Gasteiger partial charge in [0.15, 0.2) is 11.0 Å². The van der Waals surface area contributed by atoms with E-state index in [1.54, 1.807) is 12.1 Å². The van der Waals surface area contributed by atoms with Crippen molar-refractivity contribution in [3.8, 4) is 0 Å². The van der Waals surface area contributed by atoms with Gasteiger partial charge in [0.05, 0.1) is 18.3 Å². The molecule has 1 aromatic heterocycles. The number of benzene rings is 2. The van der Waals surface area contributed by atoms with E-state index in [9.17, 15) is 9.18 Å². The summed E-state index contributed by atoms with van der Waals surface area (Å²) in [5, 5.41) is 12.4. The molecule has 31 heavy (non-hydrogen) atoms. The van der Waals surface area contributed by atoms with Crippen LogP contribution in [0.4, 0.5) is 4.39 Å². The number of nitrogens with one attached hydrogen (secondary N) is 1. The number of hydrogen-bond acceptors (Lipinski definition) is 5. The lowest BCUT2D eigenvalue weighted by molar-refractivity contribution is -0.118. The molecule has 0 saturated carbocycles. The van der Waals surface area contributed by atoms with Gasteiger partial charge in [-0.3, -0.25) is 9.69 Å². The number of carbonyl (C=O) groups is 1. The summed E-state index contributed by atoms with van der Waals surface area (Å²) in [6.45, 7) is 3.13. The van der Waals surface area contributed by atoms with Gasteiger partial charge in [-0.1, -0.05) is 61.2 Å². The molecular weight excluding hydrogens is 413 g/mol. The second-order valence-electron chi connectivity index (χ2n) is 7.49. The number of nitrogens with zero attached hydrogens (tertiary/aromatic N) is 4. The van der Waals surface area contributed by atoms with Gasteiger partial charge < -0.3 is 9.88 Å². The molecule has 3 aromatic rings. The molecule has 0 aliphatic carbocycles. The third kappa shape index (κ3) is 6.38. The lowest BCUT2D eigenvalue weighted by Crippen LogP contribution is -2.25. The van der Waals surface area contributed by atoms with Gasteiger partial charge in [0, 0.05) is 6.54 Å². The largest absolute Gasteiger partial charge is 0.351 e. The lowest BCUT2D eigenvalue weighted by Gasteiger charge is -2.23. The van der Waals surface area contributed by atoms with E-state index < -0.39 is 0 Å². The number of thioether (sulfide) groups is 1. The summed E-state index contributed by atoms with van der Waals surface area (Å²) in [6.07, 6.45) is 0.906. The predicted molar refractivity (Wildman–Crippen MR) is 121 cm³/mol. The number of aromatic nitrogens is 3. The van der Waals surface area contributed by atoms with Crippen LogP contribution in [-0.4, -0.2) is 45.4 Å². The predicted octanol–water partition coefficient (Wildman–Crippen LogP) is 3.89. The zero-order chi connectivity index (χ0) is 22.2. The fraction of sp³-hybridized carbons (Fsp3) is 0.348. The number of halogens is 1. The highest BCUT2D eigenvalue weighted by Crippen LogP contribution is 2.26. The van der Waals surface area contributed by atoms with Gasteiger partial charge in [-0.25, -0.2) is 4.39 Å². The van der Waals surface area contributed by atoms with Gasteiger partial charge >= 0.3 is 0 Å². The lowest BCUT2D eigenvalue weighted by atomic mass is 10.2. The van der Waals surface area contributed by atoms with E-state index in [-0.39, 0.29) is 23.5 Å². The van der Waals surface area contributed by atoms with Crippen LogP contribution in [0.25, 0.3) is 0 Å². The van der Waals surface area contributed by atoms with Crippen molar-refractivity contribution in [2.45, 2.75) is 37.6 Å². The molecule has 1 amide bonds.